The molecule has 1 aliphatic rings. The van der Waals surface area contributed by atoms with Gasteiger partial charge in [0.25, 0.3) is 5.91 Å². The molecule has 0 radical (unpaired) electrons. The normalized spacial score (nSPS) is 17.5. The van der Waals surface area contributed by atoms with E-state index in [9.17, 15) is 23.5 Å². The van der Waals surface area contributed by atoms with Crippen molar-refractivity contribution in [3.63, 3.8) is 0 Å². The Labute approximate surface area is 153 Å². The zero-order valence-corrected chi connectivity index (χ0v) is 15.0. The summed E-state index contributed by atoms with van der Waals surface area (Å²) in [5.74, 6) is -3.89. The lowest BCUT2D eigenvalue weighted by Crippen LogP contribution is -2.30. The first-order chi connectivity index (χ1) is 12.3. The standard InChI is InChI=1S/C19H17F2NO3S/c1-10(2)8-14(23)16-17(15-4-3-7-26-15)22(19(25)18(16)24)11-5-6-12(20)13(21)9-11/h3-7,9-10,17,24H,8H2,1-2H3. The Morgan fingerprint density at radius 2 is 2.00 bits per heavy atom. The van der Waals surface area contributed by atoms with Gasteiger partial charge in [-0.15, -0.1) is 11.3 Å². The summed E-state index contributed by atoms with van der Waals surface area (Å²) in [6.45, 7) is 3.72. The third-order valence-corrected chi connectivity index (χ3v) is 5.02. The molecular weight excluding hydrogens is 360 g/mol. The number of thiophene rings is 1. The first kappa shape index (κ1) is 18.3. The van der Waals surface area contributed by atoms with Crippen LogP contribution in [0.5, 0.6) is 0 Å². The highest BCUT2D eigenvalue weighted by molar-refractivity contribution is 7.10. The van der Waals surface area contributed by atoms with E-state index in [4.69, 9.17) is 0 Å². The highest BCUT2D eigenvalue weighted by Gasteiger charge is 2.44. The van der Waals surface area contributed by atoms with Gasteiger partial charge in [0, 0.05) is 23.1 Å². The summed E-state index contributed by atoms with van der Waals surface area (Å²) in [7, 11) is 0. The minimum absolute atomic E-state index is 0.00381. The molecule has 136 valence electrons. The van der Waals surface area contributed by atoms with E-state index in [0.29, 0.717) is 4.88 Å². The molecule has 2 aromatic rings. The predicted molar refractivity (Wildman–Crippen MR) is 95.0 cm³/mol. The summed E-state index contributed by atoms with van der Waals surface area (Å²) >= 11 is 1.31. The summed E-state index contributed by atoms with van der Waals surface area (Å²) in [6.07, 6.45) is 0.167. The molecule has 2 heterocycles. The number of benzene rings is 1. The number of aliphatic hydroxyl groups is 1. The maximum absolute atomic E-state index is 13.7. The van der Waals surface area contributed by atoms with E-state index < -0.39 is 29.3 Å². The summed E-state index contributed by atoms with van der Waals surface area (Å²) in [5.41, 5.74) is 0.0714. The van der Waals surface area contributed by atoms with Gasteiger partial charge in [0.1, 0.15) is 6.04 Å². The third-order valence-electron chi connectivity index (χ3n) is 4.10. The van der Waals surface area contributed by atoms with Crippen molar-refractivity contribution >= 4 is 28.7 Å². The molecule has 1 aliphatic heterocycles. The molecule has 0 saturated carbocycles. The SMILES string of the molecule is CC(C)CC(=O)C1=C(O)C(=O)N(c2ccc(F)c(F)c2)C1c1cccs1. The van der Waals surface area contributed by atoms with Crippen LogP contribution in [0.2, 0.25) is 0 Å². The van der Waals surface area contributed by atoms with Crippen LogP contribution in [0.25, 0.3) is 0 Å². The van der Waals surface area contributed by atoms with Crippen molar-refractivity contribution in [1.29, 1.82) is 0 Å². The van der Waals surface area contributed by atoms with Crippen molar-refractivity contribution in [1.82, 2.24) is 0 Å². The van der Waals surface area contributed by atoms with Crippen molar-refractivity contribution in [2.45, 2.75) is 26.3 Å². The summed E-state index contributed by atoms with van der Waals surface area (Å²) in [5, 5.41) is 12.2. The highest BCUT2D eigenvalue weighted by atomic mass is 32.1. The first-order valence-corrected chi connectivity index (χ1v) is 8.97. The van der Waals surface area contributed by atoms with Gasteiger partial charge in [-0.25, -0.2) is 8.78 Å². The molecule has 0 spiro atoms. The topological polar surface area (TPSA) is 57.6 Å². The number of hydrogen-bond donors (Lipinski definition) is 1. The lowest BCUT2D eigenvalue weighted by atomic mass is 9.95. The zero-order valence-electron chi connectivity index (χ0n) is 14.2. The van der Waals surface area contributed by atoms with Gasteiger partial charge in [0.2, 0.25) is 0 Å². The van der Waals surface area contributed by atoms with Gasteiger partial charge in [0.15, 0.2) is 23.2 Å². The van der Waals surface area contributed by atoms with Gasteiger partial charge in [-0.2, -0.15) is 0 Å². The molecule has 1 aromatic heterocycles. The lowest BCUT2D eigenvalue weighted by molar-refractivity contribution is -0.118. The quantitative estimate of drug-likeness (QED) is 0.832. The van der Waals surface area contributed by atoms with Crippen molar-refractivity contribution in [2.75, 3.05) is 4.90 Å². The number of nitrogens with zero attached hydrogens (tertiary/aromatic N) is 1. The Bertz CT molecular complexity index is 890. The number of amides is 1. The molecule has 0 aliphatic carbocycles. The summed E-state index contributed by atoms with van der Waals surface area (Å²) in [4.78, 5) is 27.1. The Kier molecular flexibility index (Phi) is 4.91. The Balaban J connectivity index is 2.12. The van der Waals surface area contributed by atoms with Crippen molar-refractivity contribution in [3.05, 3.63) is 63.6 Å². The van der Waals surface area contributed by atoms with Crippen LogP contribution < -0.4 is 4.90 Å². The predicted octanol–water partition coefficient (Wildman–Crippen LogP) is 4.54. The Hall–Kier alpha value is -2.54. The molecule has 1 N–H and O–H groups in total. The van der Waals surface area contributed by atoms with Crippen LogP contribution in [-0.2, 0) is 9.59 Å². The van der Waals surface area contributed by atoms with E-state index in [1.807, 2.05) is 13.8 Å². The fourth-order valence-electron chi connectivity index (χ4n) is 2.99. The fraction of sp³-hybridized carbons (Fsp3) is 0.263. The van der Waals surface area contributed by atoms with E-state index in [0.717, 1.165) is 17.0 Å². The van der Waals surface area contributed by atoms with Gasteiger partial charge in [-0.3, -0.25) is 14.5 Å². The van der Waals surface area contributed by atoms with Crippen LogP contribution in [-0.4, -0.2) is 16.8 Å². The van der Waals surface area contributed by atoms with Crippen LogP contribution in [0.3, 0.4) is 0 Å². The highest BCUT2D eigenvalue weighted by Crippen LogP contribution is 2.43. The van der Waals surface area contributed by atoms with Crippen LogP contribution in [0.1, 0.15) is 31.2 Å². The van der Waals surface area contributed by atoms with E-state index in [1.165, 1.54) is 17.4 Å². The molecular formula is C19H17F2NO3S. The van der Waals surface area contributed by atoms with Crippen molar-refractivity contribution in [3.8, 4) is 0 Å². The molecule has 1 aromatic carbocycles. The third kappa shape index (κ3) is 3.14. The minimum atomic E-state index is -1.11. The number of Topliss-reactive ketones (excluding diaryl/α,β-unsaturated/α-hetero) is 1. The second-order valence-corrected chi connectivity index (χ2v) is 7.45. The average molecular weight is 377 g/mol. The van der Waals surface area contributed by atoms with Crippen LogP contribution in [0, 0.1) is 17.6 Å². The molecule has 3 rings (SSSR count). The van der Waals surface area contributed by atoms with Crippen molar-refractivity contribution in [2.24, 2.45) is 5.92 Å². The Morgan fingerprint density at radius 1 is 1.27 bits per heavy atom. The van der Waals surface area contributed by atoms with Gasteiger partial charge in [0.05, 0.1) is 5.57 Å². The molecule has 4 nitrogen and oxygen atoms in total. The molecule has 1 atom stereocenters. The number of rotatable bonds is 5. The van der Waals surface area contributed by atoms with Gasteiger partial charge >= 0.3 is 0 Å². The van der Waals surface area contributed by atoms with Gasteiger partial charge in [-0.1, -0.05) is 19.9 Å². The number of carbonyl (C=O) groups excluding carboxylic acids is 2. The number of ketones is 1. The maximum Gasteiger partial charge on any atom is 0.294 e. The molecule has 0 bridgehead atoms. The molecule has 0 fully saturated rings. The number of hydrogen-bond acceptors (Lipinski definition) is 4. The fourth-order valence-corrected chi connectivity index (χ4v) is 3.81. The molecule has 1 amide bonds. The van der Waals surface area contributed by atoms with E-state index >= 15 is 0 Å². The molecule has 0 saturated heterocycles. The smallest absolute Gasteiger partial charge is 0.294 e. The van der Waals surface area contributed by atoms with Gasteiger partial charge in [-0.05, 0) is 29.5 Å². The second-order valence-electron chi connectivity index (χ2n) is 6.47. The monoisotopic (exact) mass is 377 g/mol. The number of anilines is 1. The zero-order chi connectivity index (χ0) is 19.0. The Morgan fingerprint density at radius 3 is 2.58 bits per heavy atom. The first-order valence-electron chi connectivity index (χ1n) is 8.09. The van der Waals surface area contributed by atoms with Crippen molar-refractivity contribution < 1.29 is 23.5 Å². The number of halogens is 2. The molecule has 1 unspecified atom stereocenters. The van der Waals surface area contributed by atoms with E-state index in [2.05, 4.69) is 0 Å². The summed E-state index contributed by atoms with van der Waals surface area (Å²) < 4.78 is 27.0. The number of aliphatic hydroxyl groups excluding tert-OH is 1. The minimum Gasteiger partial charge on any atom is -0.503 e. The maximum atomic E-state index is 13.7. The molecule has 26 heavy (non-hydrogen) atoms. The van der Waals surface area contributed by atoms with Crippen LogP contribution in [0.4, 0.5) is 14.5 Å². The van der Waals surface area contributed by atoms with Gasteiger partial charge < -0.3 is 5.11 Å². The van der Waals surface area contributed by atoms with Crippen LogP contribution >= 0.6 is 11.3 Å². The summed E-state index contributed by atoms with van der Waals surface area (Å²) in [6, 6.07) is 5.68. The average Bonchev–Trinajstić information content (AvgIpc) is 3.17. The largest absolute Gasteiger partial charge is 0.503 e. The second kappa shape index (κ2) is 6.99. The lowest BCUT2D eigenvalue weighted by Gasteiger charge is -2.26. The molecule has 7 heteroatoms. The number of carbonyl (C=O) groups is 2. The van der Waals surface area contributed by atoms with E-state index in [-0.39, 0.29) is 29.4 Å². The van der Waals surface area contributed by atoms with Crippen LogP contribution in [0.15, 0.2) is 47.0 Å². The van der Waals surface area contributed by atoms with E-state index in [1.54, 1.807) is 17.5 Å².